The molecule has 3 heterocycles. The molecule has 0 saturated heterocycles. The van der Waals surface area contributed by atoms with E-state index < -0.39 is 0 Å². The first-order valence-corrected chi connectivity index (χ1v) is 23.1. The van der Waals surface area contributed by atoms with E-state index in [9.17, 15) is 0 Å². The normalized spacial score (nSPS) is 13.8. The summed E-state index contributed by atoms with van der Waals surface area (Å²) in [5, 5.41) is 2.47. The molecule has 5 heteroatoms. The van der Waals surface area contributed by atoms with Gasteiger partial charge in [0.15, 0.2) is 0 Å². The maximum atomic E-state index is 6.97. The molecular weight excluding hydrogens is 777 g/mol. The van der Waals surface area contributed by atoms with Crippen molar-refractivity contribution in [2.24, 2.45) is 7.05 Å². The van der Waals surface area contributed by atoms with E-state index in [2.05, 4.69) is 244 Å². The van der Waals surface area contributed by atoms with E-state index in [1.54, 1.807) is 0 Å². The minimum atomic E-state index is -0.0900. The van der Waals surface area contributed by atoms with Gasteiger partial charge in [-0.1, -0.05) is 156 Å². The zero-order valence-electron chi connectivity index (χ0n) is 40.1. The fraction of sp³-hybridized carbons (Fsp3) is 0.288. The lowest BCUT2D eigenvalue weighted by atomic mass is 9.34. The molecule has 0 atom stereocenters. The molecular formula is C59H62BN3O. The van der Waals surface area contributed by atoms with Crippen LogP contribution in [0.2, 0.25) is 0 Å². The van der Waals surface area contributed by atoms with Gasteiger partial charge >= 0.3 is 0 Å². The smallest absolute Gasteiger partial charge is 0.256 e. The third kappa shape index (κ3) is 6.73. The Kier molecular flexibility index (Phi) is 9.41. The Morgan fingerprint density at radius 1 is 0.500 bits per heavy atom. The van der Waals surface area contributed by atoms with Crippen LogP contribution in [0.25, 0.3) is 21.8 Å². The third-order valence-electron chi connectivity index (χ3n) is 13.9. The summed E-state index contributed by atoms with van der Waals surface area (Å²) >= 11 is 0. The van der Waals surface area contributed by atoms with Gasteiger partial charge in [-0.2, -0.15) is 0 Å². The number of ether oxygens (including phenoxy) is 1. The molecule has 0 amide bonds. The Bertz CT molecular complexity index is 3050. The summed E-state index contributed by atoms with van der Waals surface area (Å²) < 4.78 is 9.40. The molecule has 0 saturated carbocycles. The van der Waals surface area contributed by atoms with Gasteiger partial charge in [0.25, 0.3) is 6.71 Å². The number of anilines is 6. The van der Waals surface area contributed by atoms with Crippen LogP contribution in [0.5, 0.6) is 11.5 Å². The summed E-state index contributed by atoms with van der Waals surface area (Å²) in [5.41, 5.74) is 18.2. The van der Waals surface area contributed by atoms with E-state index in [0.717, 1.165) is 39.9 Å². The first-order chi connectivity index (χ1) is 30.2. The molecule has 8 aromatic rings. The van der Waals surface area contributed by atoms with Gasteiger partial charge in [0.1, 0.15) is 11.5 Å². The second kappa shape index (κ2) is 14.4. The molecule has 1 aromatic heterocycles. The first kappa shape index (κ1) is 41.8. The van der Waals surface area contributed by atoms with Crippen LogP contribution in [0.15, 0.2) is 140 Å². The molecule has 2 aliphatic rings. The number of fused-ring (bicyclic) bond motifs is 8. The van der Waals surface area contributed by atoms with Crippen molar-refractivity contribution in [2.45, 2.75) is 105 Å². The fourth-order valence-electron chi connectivity index (χ4n) is 10.2. The number of hydrogen-bond acceptors (Lipinski definition) is 3. The maximum absolute atomic E-state index is 6.97. The Hall–Kier alpha value is -6.20. The van der Waals surface area contributed by atoms with Crippen LogP contribution in [0.3, 0.4) is 0 Å². The van der Waals surface area contributed by atoms with Crippen molar-refractivity contribution < 1.29 is 4.74 Å². The van der Waals surface area contributed by atoms with Crippen LogP contribution in [0.1, 0.15) is 105 Å². The van der Waals surface area contributed by atoms with Gasteiger partial charge < -0.3 is 19.1 Å². The Balaban J connectivity index is 1.36. The number of para-hydroxylation sites is 1. The first-order valence-electron chi connectivity index (χ1n) is 23.1. The van der Waals surface area contributed by atoms with Gasteiger partial charge in [-0.25, -0.2) is 0 Å². The molecule has 322 valence electrons. The van der Waals surface area contributed by atoms with E-state index in [-0.39, 0.29) is 28.4 Å². The van der Waals surface area contributed by atoms with Crippen molar-refractivity contribution >= 4 is 79.0 Å². The van der Waals surface area contributed by atoms with Crippen molar-refractivity contribution in [1.82, 2.24) is 4.57 Å². The average Bonchev–Trinajstić information content (AvgIpc) is 3.55. The van der Waals surface area contributed by atoms with Crippen LogP contribution in [-0.2, 0) is 28.7 Å². The van der Waals surface area contributed by atoms with Gasteiger partial charge in [0.2, 0.25) is 0 Å². The van der Waals surface area contributed by atoms with Gasteiger partial charge in [-0.15, -0.1) is 0 Å². The van der Waals surface area contributed by atoms with Gasteiger partial charge in [-0.05, 0) is 127 Å². The SMILES string of the molecule is Cn1c2ccccc2c2c3c(cc(N(c4ccc(C(C)(C)C)cc4)c4ccc(C(C)(C)C)cc4)c21)B1c2cc(C(C)(C)C)ccc2Oc2cccc(c21)N3c1ccc(C(C)(C)C)cc1. The van der Waals surface area contributed by atoms with Crippen molar-refractivity contribution in [3.63, 3.8) is 0 Å². The van der Waals surface area contributed by atoms with Crippen molar-refractivity contribution in [2.75, 3.05) is 9.80 Å². The minimum absolute atomic E-state index is 0.0225. The fourth-order valence-corrected chi connectivity index (χ4v) is 10.2. The van der Waals surface area contributed by atoms with E-state index >= 15 is 0 Å². The van der Waals surface area contributed by atoms with E-state index in [1.807, 2.05) is 0 Å². The molecule has 2 aliphatic heterocycles. The zero-order chi connectivity index (χ0) is 45.2. The predicted octanol–water partition coefficient (Wildman–Crippen LogP) is 14.4. The molecule has 64 heavy (non-hydrogen) atoms. The number of hydrogen-bond donors (Lipinski definition) is 0. The lowest BCUT2D eigenvalue weighted by Crippen LogP contribution is -2.59. The molecule has 0 bridgehead atoms. The molecule has 0 unspecified atom stereocenters. The van der Waals surface area contributed by atoms with Crippen LogP contribution >= 0.6 is 0 Å². The van der Waals surface area contributed by atoms with Gasteiger partial charge in [0.05, 0.1) is 16.9 Å². The van der Waals surface area contributed by atoms with Crippen LogP contribution in [0.4, 0.5) is 34.1 Å². The van der Waals surface area contributed by atoms with Crippen LogP contribution < -0.4 is 30.9 Å². The van der Waals surface area contributed by atoms with Gasteiger partial charge in [0, 0.05) is 46.1 Å². The van der Waals surface area contributed by atoms with E-state index in [1.165, 1.54) is 66.1 Å². The lowest BCUT2D eigenvalue weighted by Gasteiger charge is -2.41. The maximum Gasteiger partial charge on any atom is 0.256 e. The molecule has 10 rings (SSSR count). The zero-order valence-corrected chi connectivity index (χ0v) is 40.1. The topological polar surface area (TPSA) is 20.6 Å². The van der Waals surface area contributed by atoms with Crippen molar-refractivity contribution in [1.29, 1.82) is 0 Å². The summed E-state index contributed by atoms with van der Waals surface area (Å²) in [7, 11) is 2.25. The highest BCUT2D eigenvalue weighted by Gasteiger charge is 2.44. The molecule has 0 aliphatic carbocycles. The number of benzene rings is 7. The molecule has 4 nitrogen and oxygen atoms in total. The highest BCUT2D eigenvalue weighted by atomic mass is 16.5. The quantitative estimate of drug-likeness (QED) is 0.165. The Morgan fingerprint density at radius 2 is 1.03 bits per heavy atom. The molecule has 0 N–H and O–H groups in total. The summed E-state index contributed by atoms with van der Waals surface area (Å²) in [5.74, 6) is 1.83. The predicted molar refractivity (Wildman–Crippen MR) is 276 cm³/mol. The third-order valence-corrected chi connectivity index (χ3v) is 13.9. The second-order valence-corrected chi connectivity index (χ2v) is 22.4. The highest BCUT2D eigenvalue weighted by Crippen LogP contribution is 2.50. The molecule has 7 aromatic carbocycles. The van der Waals surface area contributed by atoms with Crippen molar-refractivity contribution in [3.8, 4) is 11.5 Å². The monoisotopic (exact) mass is 839 g/mol. The number of rotatable bonds is 4. The van der Waals surface area contributed by atoms with Crippen LogP contribution in [-0.4, -0.2) is 11.3 Å². The summed E-state index contributed by atoms with van der Waals surface area (Å²) in [6.07, 6.45) is 0. The van der Waals surface area contributed by atoms with E-state index in [0.29, 0.717) is 0 Å². The standard InChI is InChI=1S/C59H62BN3O/c1-56(2,3)37-21-28-41(29-22-37)62(42-30-23-38(24-31-42)57(4,5)6)49-36-46-54(52-44-17-14-15-18-47(44)61(13)55(49)52)63(43-32-25-39(26-33-43)58(7,8)9)48-19-16-20-51-53(48)60(46)45-35-40(59(10,11)12)27-34-50(45)64-51/h14-36H,1-13H3. The van der Waals surface area contributed by atoms with E-state index in [4.69, 9.17) is 4.74 Å². The summed E-state index contributed by atoms with van der Waals surface area (Å²) in [6.45, 7) is 27.4. The lowest BCUT2D eigenvalue weighted by molar-refractivity contribution is 0.486. The highest BCUT2D eigenvalue weighted by molar-refractivity contribution is 6.99. The minimum Gasteiger partial charge on any atom is -0.458 e. The van der Waals surface area contributed by atoms with Gasteiger partial charge in [-0.3, -0.25) is 0 Å². The summed E-state index contributed by atoms with van der Waals surface area (Å²) in [4.78, 5) is 5.05. The largest absolute Gasteiger partial charge is 0.458 e. The molecule has 0 spiro atoms. The molecule has 0 fully saturated rings. The number of nitrogens with zero attached hydrogens (tertiary/aromatic N) is 3. The average molecular weight is 840 g/mol. The Morgan fingerprint density at radius 3 is 1.59 bits per heavy atom. The number of aryl methyl sites for hydroxylation is 1. The van der Waals surface area contributed by atoms with Crippen LogP contribution in [0, 0.1) is 0 Å². The number of aromatic nitrogens is 1. The van der Waals surface area contributed by atoms with Crippen molar-refractivity contribution in [3.05, 3.63) is 162 Å². The second-order valence-electron chi connectivity index (χ2n) is 22.4. The molecule has 0 radical (unpaired) electrons. The summed E-state index contributed by atoms with van der Waals surface area (Å²) in [6, 6.07) is 52.9. The Labute approximate surface area is 381 Å².